The summed E-state index contributed by atoms with van der Waals surface area (Å²) in [7, 11) is 0. The number of aromatic nitrogens is 1. The van der Waals surface area contributed by atoms with Crippen molar-refractivity contribution in [3.05, 3.63) is 76.7 Å². The van der Waals surface area contributed by atoms with Crippen LogP contribution in [0.3, 0.4) is 0 Å². The van der Waals surface area contributed by atoms with E-state index < -0.39 is 5.97 Å². The minimum atomic E-state index is -0.919. The van der Waals surface area contributed by atoms with Gasteiger partial charge in [-0.1, -0.05) is 30.3 Å². The Morgan fingerprint density at radius 1 is 1.08 bits per heavy atom. The number of halogens is 1. The zero-order chi connectivity index (χ0) is 17.4. The first-order valence-electron chi connectivity index (χ1n) is 8.25. The molecule has 0 unspecified atom stereocenters. The van der Waals surface area contributed by atoms with Crippen LogP contribution in [0.5, 0.6) is 0 Å². The van der Waals surface area contributed by atoms with E-state index in [9.17, 15) is 14.3 Å². The van der Waals surface area contributed by atoms with Crippen molar-refractivity contribution >= 4 is 28.5 Å². The van der Waals surface area contributed by atoms with Crippen LogP contribution in [0.1, 0.15) is 40.0 Å². The van der Waals surface area contributed by atoms with Crippen molar-refractivity contribution in [2.24, 2.45) is 0 Å². The van der Waals surface area contributed by atoms with Gasteiger partial charge in [-0.15, -0.1) is 0 Å². The van der Waals surface area contributed by atoms with Crippen LogP contribution < -0.4 is 0 Å². The number of fused-ring (bicyclic) bond motifs is 2. The molecule has 0 saturated carbocycles. The monoisotopic (exact) mass is 333 g/mol. The van der Waals surface area contributed by atoms with Gasteiger partial charge in [0, 0.05) is 5.39 Å². The van der Waals surface area contributed by atoms with E-state index in [1.54, 1.807) is 12.1 Å². The molecule has 1 aliphatic rings. The largest absolute Gasteiger partial charge is 0.478 e. The van der Waals surface area contributed by atoms with Gasteiger partial charge in [-0.3, -0.25) is 0 Å². The first-order valence-corrected chi connectivity index (χ1v) is 8.25. The fourth-order valence-corrected chi connectivity index (χ4v) is 3.48. The zero-order valence-corrected chi connectivity index (χ0v) is 13.5. The number of benzene rings is 2. The molecule has 0 amide bonds. The Bertz CT molecular complexity index is 1010. The molecular weight excluding hydrogens is 317 g/mol. The summed E-state index contributed by atoms with van der Waals surface area (Å²) in [6.07, 6.45) is 4.38. The molecule has 25 heavy (non-hydrogen) atoms. The van der Waals surface area contributed by atoms with Crippen molar-refractivity contribution in [2.45, 2.75) is 19.3 Å². The van der Waals surface area contributed by atoms with Gasteiger partial charge in [0.15, 0.2) is 0 Å². The number of allylic oxidation sites excluding steroid dienone is 1. The van der Waals surface area contributed by atoms with Crippen molar-refractivity contribution < 1.29 is 14.3 Å². The average Bonchev–Trinajstić information content (AvgIpc) is 2.62. The number of para-hydroxylation sites is 1. The molecule has 4 rings (SSSR count). The van der Waals surface area contributed by atoms with E-state index in [1.165, 1.54) is 12.1 Å². The summed E-state index contributed by atoms with van der Waals surface area (Å²) >= 11 is 0. The van der Waals surface area contributed by atoms with Crippen LogP contribution in [0.4, 0.5) is 4.39 Å². The Labute approximate surface area is 144 Å². The van der Waals surface area contributed by atoms with Crippen molar-refractivity contribution in [3.63, 3.8) is 0 Å². The topological polar surface area (TPSA) is 50.2 Å². The highest BCUT2D eigenvalue weighted by atomic mass is 19.1. The Morgan fingerprint density at radius 3 is 2.60 bits per heavy atom. The maximum Gasteiger partial charge on any atom is 0.336 e. The molecule has 0 radical (unpaired) electrons. The molecule has 3 nitrogen and oxygen atoms in total. The molecule has 1 aromatic heterocycles. The molecule has 3 aromatic rings. The first-order chi connectivity index (χ1) is 12.1. The smallest absolute Gasteiger partial charge is 0.336 e. The van der Waals surface area contributed by atoms with Crippen LogP contribution in [0.25, 0.3) is 22.6 Å². The number of carboxylic acids is 1. The summed E-state index contributed by atoms with van der Waals surface area (Å²) in [6.45, 7) is 0. The third kappa shape index (κ3) is 2.80. The van der Waals surface area contributed by atoms with Crippen LogP contribution >= 0.6 is 0 Å². The quantitative estimate of drug-likeness (QED) is 0.722. The molecule has 2 aromatic carbocycles. The van der Waals surface area contributed by atoms with Gasteiger partial charge in [0.2, 0.25) is 0 Å². The van der Waals surface area contributed by atoms with Crippen molar-refractivity contribution in [1.29, 1.82) is 0 Å². The molecule has 0 saturated heterocycles. The van der Waals surface area contributed by atoms with Gasteiger partial charge in [-0.25, -0.2) is 14.2 Å². The number of carbonyl (C=O) groups is 1. The van der Waals surface area contributed by atoms with Gasteiger partial charge in [0.05, 0.1) is 16.8 Å². The molecule has 1 aliphatic carbocycles. The summed E-state index contributed by atoms with van der Waals surface area (Å²) in [5, 5.41) is 10.4. The predicted molar refractivity (Wildman–Crippen MR) is 95.9 cm³/mol. The molecule has 4 heteroatoms. The van der Waals surface area contributed by atoms with Gasteiger partial charge >= 0.3 is 5.97 Å². The molecule has 1 N–H and O–H groups in total. The fourth-order valence-electron chi connectivity index (χ4n) is 3.48. The number of pyridine rings is 1. The highest BCUT2D eigenvalue weighted by Gasteiger charge is 2.24. The lowest BCUT2D eigenvalue weighted by Gasteiger charge is -2.21. The predicted octanol–water partition coefficient (Wildman–Crippen LogP) is 4.95. The van der Waals surface area contributed by atoms with Crippen molar-refractivity contribution in [3.8, 4) is 0 Å². The molecule has 1 heterocycles. The first kappa shape index (κ1) is 15.5. The van der Waals surface area contributed by atoms with E-state index in [0.29, 0.717) is 22.9 Å². The van der Waals surface area contributed by atoms with Crippen LogP contribution in [-0.2, 0) is 6.42 Å². The van der Waals surface area contributed by atoms with Crippen molar-refractivity contribution in [2.75, 3.05) is 0 Å². The third-order valence-corrected chi connectivity index (χ3v) is 4.60. The number of carboxylic acid groups (broad SMARTS) is 1. The maximum absolute atomic E-state index is 13.1. The molecule has 0 atom stereocenters. The number of hydrogen-bond acceptors (Lipinski definition) is 2. The summed E-state index contributed by atoms with van der Waals surface area (Å²) in [4.78, 5) is 16.6. The number of nitrogens with zero attached hydrogens (tertiary/aromatic N) is 1. The minimum absolute atomic E-state index is 0.275. The van der Waals surface area contributed by atoms with Gasteiger partial charge in [-0.05, 0) is 60.2 Å². The number of rotatable bonds is 2. The van der Waals surface area contributed by atoms with Crippen LogP contribution in [0, 0.1) is 5.82 Å². The molecule has 124 valence electrons. The van der Waals surface area contributed by atoms with E-state index in [2.05, 4.69) is 0 Å². The summed E-state index contributed by atoms with van der Waals surface area (Å²) in [6, 6.07) is 13.6. The molecule has 0 fully saturated rings. The lowest BCUT2D eigenvalue weighted by Crippen LogP contribution is -2.13. The molecule has 0 aliphatic heterocycles. The number of hydrogen-bond donors (Lipinski definition) is 1. The van der Waals surface area contributed by atoms with Gasteiger partial charge in [0.25, 0.3) is 0 Å². The van der Waals surface area contributed by atoms with Crippen LogP contribution in [0.15, 0.2) is 48.5 Å². The van der Waals surface area contributed by atoms with E-state index in [1.807, 2.05) is 30.3 Å². The summed E-state index contributed by atoms with van der Waals surface area (Å²) in [5.74, 6) is -1.19. The molecule has 0 bridgehead atoms. The zero-order valence-electron chi connectivity index (χ0n) is 13.5. The standard InChI is InChI=1S/C21H16FNO2/c22-15-10-8-13(9-11-15)12-14-4-3-6-17-19(21(24)25)16-5-1-2-7-18(16)23-20(14)17/h1-2,5,7-12H,3-4,6H2,(H,24,25)/b14-12-. The highest BCUT2D eigenvalue weighted by Crippen LogP contribution is 2.36. The Balaban J connectivity index is 1.95. The average molecular weight is 333 g/mol. The van der Waals surface area contributed by atoms with Gasteiger partial charge in [0.1, 0.15) is 5.82 Å². The lowest BCUT2D eigenvalue weighted by molar-refractivity contribution is 0.0697. The van der Waals surface area contributed by atoms with E-state index in [4.69, 9.17) is 4.98 Å². The van der Waals surface area contributed by atoms with Crippen LogP contribution in [-0.4, -0.2) is 16.1 Å². The minimum Gasteiger partial charge on any atom is -0.478 e. The Morgan fingerprint density at radius 2 is 1.84 bits per heavy atom. The van der Waals surface area contributed by atoms with Gasteiger partial charge in [-0.2, -0.15) is 0 Å². The van der Waals surface area contributed by atoms with Crippen LogP contribution in [0.2, 0.25) is 0 Å². The van der Waals surface area contributed by atoms with E-state index >= 15 is 0 Å². The van der Waals surface area contributed by atoms with E-state index in [-0.39, 0.29) is 5.82 Å². The fraction of sp³-hybridized carbons (Fsp3) is 0.143. The summed E-state index contributed by atoms with van der Waals surface area (Å²) < 4.78 is 13.1. The summed E-state index contributed by atoms with van der Waals surface area (Å²) in [5.41, 5.74) is 4.48. The van der Waals surface area contributed by atoms with E-state index in [0.717, 1.165) is 35.2 Å². The van der Waals surface area contributed by atoms with Gasteiger partial charge < -0.3 is 5.11 Å². The second kappa shape index (κ2) is 6.13. The molecular formula is C21H16FNO2. The van der Waals surface area contributed by atoms with Crippen molar-refractivity contribution in [1.82, 2.24) is 4.98 Å². The highest BCUT2D eigenvalue weighted by molar-refractivity contribution is 6.05. The Hall–Kier alpha value is -3.01. The normalized spacial score (nSPS) is 15.3. The maximum atomic E-state index is 13.1. The molecule has 0 spiro atoms. The Kier molecular flexibility index (Phi) is 3.80. The number of aromatic carboxylic acids is 1. The second-order valence-electron chi connectivity index (χ2n) is 6.21. The lowest BCUT2D eigenvalue weighted by atomic mass is 9.86. The SMILES string of the molecule is O=C(O)c1c2c(nc3ccccc13)/C(=C\c1ccc(F)cc1)CCC2. The third-order valence-electron chi connectivity index (χ3n) is 4.60. The second-order valence-corrected chi connectivity index (χ2v) is 6.21.